The van der Waals surface area contributed by atoms with Crippen molar-refractivity contribution in [2.75, 3.05) is 49.1 Å². The summed E-state index contributed by atoms with van der Waals surface area (Å²) in [7, 11) is 0. The van der Waals surface area contributed by atoms with Gasteiger partial charge in [-0.3, -0.25) is 19.8 Å². The number of amides is 3. The number of cyclic esters (lactones) is 1. The van der Waals surface area contributed by atoms with Gasteiger partial charge < -0.3 is 29.0 Å². The number of furan rings is 1. The number of nitro groups is 1. The van der Waals surface area contributed by atoms with Crippen molar-refractivity contribution in [2.24, 2.45) is 0 Å². The number of hydrogen-bond acceptors (Lipinski definition) is 9. The minimum Gasteiger partial charge on any atom is -0.444 e. The average molecular weight is 534 g/mol. The van der Waals surface area contributed by atoms with E-state index in [9.17, 15) is 24.5 Å². The van der Waals surface area contributed by atoms with E-state index in [1.165, 1.54) is 17.0 Å². The highest BCUT2D eigenvalue weighted by Crippen LogP contribution is 2.29. The molecule has 204 valence electrons. The highest BCUT2D eigenvalue weighted by Gasteiger charge is 2.34. The minimum absolute atomic E-state index is 0.0603. The van der Waals surface area contributed by atoms with E-state index >= 15 is 4.39 Å². The smallest absolute Gasteiger partial charge is 0.433 e. The second kappa shape index (κ2) is 10.6. The third-order valence-corrected chi connectivity index (χ3v) is 5.87. The van der Waals surface area contributed by atoms with Gasteiger partial charge in [0.15, 0.2) is 5.76 Å². The number of nitrogens with one attached hydrogen (secondary N) is 1. The van der Waals surface area contributed by atoms with Gasteiger partial charge in [-0.05, 0) is 45.0 Å². The molecule has 1 aromatic heterocycles. The minimum atomic E-state index is -0.762. The first kappa shape index (κ1) is 26.7. The Labute approximate surface area is 217 Å². The van der Waals surface area contributed by atoms with Gasteiger partial charge in [0.1, 0.15) is 22.4 Å². The molecule has 0 unspecified atom stereocenters. The molecule has 0 radical (unpaired) electrons. The van der Waals surface area contributed by atoms with Gasteiger partial charge in [0, 0.05) is 26.2 Å². The molecule has 0 aliphatic carbocycles. The van der Waals surface area contributed by atoms with Crippen LogP contribution < -0.4 is 15.1 Å². The summed E-state index contributed by atoms with van der Waals surface area (Å²) in [5, 5.41) is 13.2. The van der Waals surface area contributed by atoms with Gasteiger partial charge in [-0.25, -0.2) is 14.0 Å². The number of piperazine rings is 1. The van der Waals surface area contributed by atoms with E-state index in [4.69, 9.17) is 13.9 Å². The fourth-order valence-corrected chi connectivity index (χ4v) is 4.06. The number of benzene rings is 1. The van der Waals surface area contributed by atoms with Crippen LogP contribution in [-0.4, -0.2) is 78.9 Å². The average Bonchev–Trinajstić information content (AvgIpc) is 3.49. The molecule has 2 aromatic rings. The van der Waals surface area contributed by atoms with E-state index in [-0.39, 0.29) is 18.8 Å². The van der Waals surface area contributed by atoms with Crippen molar-refractivity contribution in [3.8, 4) is 0 Å². The molecule has 2 saturated heterocycles. The summed E-state index contributed by atoms with van der Waals surface area (Å²) >= 11 is 0. The van der Waals surface area contributed by atoms with Gasteiger partial charge in [-0.2, -0.15) is 0 Å². The first-order valence-corrected chi connectivity index (χ1v) is 11.9. The summed E-state index contributed by atoms with van der Waals surface area (Å²) in [6, 6.07) is 6.64. The summed E-state index contributed by atoms with van der Waals surface area (Å²) < 4.78 is 30.5. The van der Waals surface area contributed by atoms with Gasteiger partial charge in [-0.1, -0.05) is 0 Å². The normalized spacial score (nSPS) is 17.8. The zero-order valence-corrected chi connectivity index (χ0v) is 21.1. The van der Waals surface area contributed by atoms with E-state index in [2.05, 4.69) is 5.32 Å². The lowest BCUT2D eigenvalue weighted by molar-refractivity contribution is -0.402. The lowest BCUT2D eigenvalue weighted by Crippen LogP contribution is -2.50. The largest absolute Gasteiger partial charge is 0.444 e. The molecule has 3 amide bonds. The molecule has 2 aliphatic rings. The molecule has 4 rings (SSSR count). The monoisotopic (exact) mass is 533 g/mol. The summed E-state index contributed by atoms with van der Waals surface area (Å²) in [6.45, 7) is 6.97. The fourth-order valence-electron chi connectivity index (χ4n) is 4.06. The van der Waals surface area contributed by atoms with Crippen LogP contribution in [0, 0.1) is 15.9 Å². The van der Waals surface area contributed by atoms with Crippen molar-refractivity contribution >= 4 is 35.4 Å². The SMILES string of the molecule is CC(C)(C)OC(=O)N1CCN(c2ccc(N3C[C@H](CNC(=O)c4ccc([N+](=O)[O-])o4)OC3=O)cc2F)CC1. The summed E-state index contributed by atoms with van der Waals surface area (Å²) in [5.41, 5.74) is 0.0423. The molecule has 1 aromatic carbocycles. The first-order valence-electron chi connectivity index (χ1n) is 11.9. The van der Waals surface area contributed by atoms with Crippen molar-refractivity contribution in [3.05, 3.63) is 52.0 Å². The third-order valence-electron chi connectivity index (χ3n) is 5.87. The number of nitrogens with zero attached hydrogens (tertiary/aromatic N) is 4. The lowest BCUT2D eigenvalue weighted by Gasteiger charge is -2.37. The highest BCUT2D eigenvalue weighted by molar-refractivity contribution is 5.92. The zero-order chi connectivity index (χ0) is 27.6. The van der Waals surface area contributed by atoms with E-state index in [1.807, 2.05) is 4.90 Å². The number of ether oxygens (including phenoxy) is 2. The van der Waals surface area contributed by atoms with Crippen LogP contribution in [0.3, 0.4) is 0 Å². The maximum atomic E-state index is 15.0. The van der Waals surface area contributed by atoms with E-state index in [1.54, 1.807) is 37.8 Å². The Hall–Kier alpha value is -4.36. The van der Waals surface area contributed by atoms with Crippen LogP contribution in [0.1, 0.15) is 31.3 Å². The van der Waals surface area contributed by atoms with Gasteiger partial charge in [-0.15, -0.1) is 0 Å². The van der Waals surface area contributed by atoms with Crippen molar-refractivity contribution in [3.63, 3.8) is 0 Å². The molecule has 0 saturated carbocycles. The topological polar surface area (TPSA) is 148 Å². The van der Waals surface area contributed by atoms with Crippen LogP contribution in [0.5, 0.6) is 0 Å². The predicted octanol–water partition coefficient (Wildman–Crippen LogP) is 3.14. The number of rotatable bonds is 6. The first-order chi connectivity index (χ1) is 17.9. The Kier molecular flexibility index (Phi) is 7.41. The Morgan fingerprint density at radius 3 is 2.50 bits per heavy atom. The van der Waals surface area contributed by atoms with Crippen LogP contribution in [0.4, 0.5) is 31.2 Å². The number of carbonyl (C=O) groups is 3. The summed E-state index contributed by atoms with van der Waals surface area (Å²) in [4.78, 5) is 51.4. The molecule has 13 nitrogen and oxygen atoms in total. The van der Waals surface area contributed by atoms with Gasteiger partial charge in [0.25, 0.3) is 5.91 Å². The Balaban J connectivity index is 1.31. The molecular formula is C24H28FN5O8. The van der Waals surface area contributed by atoms with Crippen LogP contribution >= 0.6 is 0 Å². The molecule has 2 fully saturated rings. The second-order valence-electron chi connectivity index (χ2n) is 9.81. The van der Waals surface area contributed by atoms with Crippen LogP contribution in [0.15, 0.2) is 34.7 Å². The standard InChI is InChI=1S/C24H28FN5O8/c1-24(2,3)38-22(32)28-10-8-27(9-11-28)18-5-4-15(12-17(18)25)29-14-16(36-23(29)33)13-26-21(31)19-6-7-20(37-19)30(34)35/h4-7,12,16H,8-11,13-14H2,1-3H3,(H,26,31)/t16-/m0/s1. The Morgan fingerprint density at radius 2 is 1.89 bits per heavy atom. The van der Waals surface area contributed by atoms with Crippen molar-refractivity contribution in [1.29, 1.82) is 0 Å². The number of halogens is 1. The van der Waals surface area contributed by atoms with Crippen LogP contribution in [0.25, 0.3) is 0 Å². The van der Waals surface area contributed by atoms with E-state index in [0.29, 0.717) is 37.6 Å². The second-order valence-corrected chi connectivity index (χ2v) is 9.81. The van der Waals surface area contributed by atoms with Crippen molar-refractivity contribution < 1.29 is 37.6 Å². The molecule has 1 N–H and O–H groups in total. The zero-order valence-electron chi connectivity index (χ0n) is 21.1. The Morgan fingerprint density at radius 1 is 1.18 bits per heavy atom. The molecule has 0 bridgehead atoms. The fraction of sp³-hybridized carbons (Fsp3) is 0.458. The highest BCUT2D eigenvalue weighted by atomic mass is 19.1. The van der Waals surface area contributed by atoms with Gasteiger partial charge >= 0.3 is 18.1 Å². The molecular weight excluding hydrogens is 505 g/mol. The molecule has 1 atom stereocenters. The van der Waals surface area contributed by atoms with Gasteiger partial charge in [0.05, 0.1) is 30.5 Å². The summed E-state index contributed by atoms with van der Waals surface area (Å²) in [5.74, 6) is -2.04. The van der Waals surface area contributed by atoms with Crippen molar-refractivity contribution in [2.45, 2.75) is 32.5 Å². The van der Waals surface area contributed by atoms with E-state index < -0.39 is 46.4 Å². The molecule has 14 heteroatoms. The molecule has 2 aliphatic heterocycles. The van der Waals surface area contributed by atoms with Crippen LogP contribution in [0.2, 0.25) is 0 Å². The predicted molar refractivity (Wildman–Crippen MR) is 132 cm³/mol. The van der Waals surface area contributed by atoms with Gasteiger partial charge in [0.2, 0.25) is 0 Å². The maximum absolute atomic E-state index is 15.0. The van der Waals surface area contributed by atoms with E-state index in [0.717, 1.165) is 6.07 Å². The van der Waals surface area contributed by atoms with Crippen LogP contribution in [-0.2, 0) is 9.47 Å². The molecule has 0 spiro atoms. The molecule has 3 heterocycles. The number of anilines is 2. The number of carbonyl (C=O) groups excluding carboxylic acids is 3. The quantitative estimate of drug-likeness (QED) is 0.437. The Bertz CT molecular complexity index is 1230. The number of hydrogen-bond donors (Lipinski definition) is 1. The molecule has 38 heavy (non-hydrogen) atoms. The summed E-state index contributed by atoms with van der Waals surface area (Å²) in [6.07, 6.45) is -1.83. The maximum Gasteiger partial charge on any atom is 0.433 e. The van der Waals surface area contributed by atoms with Crippen molar-refractivity contribution in [1.82, 2.24) is 10.2 Å². The third kappa shape index (κ3) is 6.12. The lowest BCUT2D eigenvalue weighted by atomic mass is 10.2.